The van der Waals surface area contributed by atoms with E-state index in [-0.39, 0.29) is 0 Å². The van der Waals surface area contributed by atoms with Gasteiger partial charge in [0.25, 0.3) is 0 Å². The molecule has 1 aromatic carbocycles. The van der Waals surface area contributed by atoms with E-state index < -0.39 is 0 Å². The zero-order valence-corrected chi connectivity index (χ0v) is 15.2. The lowest BCUT2D eigenvalue weighted by atomic mass is 9.89. The van der Waals surface area contributed by atoms with Crippen LogP contribution in [0.5, 0.6) is 11.5 Å². The Morgan fingerprint density at radius 3 is 2.88 bits per heavy atom. The van der Waals surface area contributed by atoms with Crippen LogP contribution in [0.15, 0.2) is 23.4 Å². The van der Waals surface area contributed by atoms with Gasteiger partial charge < -0.3 is 9.47 Å². The zero-order valence-electron chi connectivity index (χ0n) is 13.4. The van der Waals surface area contributed by atoms with Crippen LogP contribution in [0.3, 0.4) is 0 Å². The Morgan fingerprint density at radius 2 is 1.96 bits per heavy atom. The number of thioether (sulfide) groups is 1. The Labute approximate surface area is 147 Å². The molecule has 2 aliphatic heterocycles. The maximum atomic E-state index is 5.55. The SMILES string of the molecule is c1cc2c(cc1C1CSc3nnc(C4CCCCC4)n3P1)OCO2. The number of hydrogen-bond donors (Lipinski definition) is 0. The Hall–Kier alpha value is -1.26. The van der Waals surface area contributed by atoms with Crippen molar-refractivity contribution in [3.8, 4) is 11.5 Å². The van der Waals surface area contributed by atoms with Crippen molar-refractivity contribution in [2.24, 2.45) is 0 Å². The van der Waals surface area contributed by atoms with E-state index in [1.165, 1.54) is 43.5 Å². The molecule has 3 aliphatic rings. The lowest BCUT2D eigenvalue weighted by Gasteiger charge is -2.27. The fourth-order valence-corrected chi connectivity index (χ4v) is 6.66. The molecule has 2 unspecified atom stereocenters. The van der Waals surface area contributed by atoms with Crippen LogP contribution in [0.2, 0.25) is 0 Å². The van der Waals surface area contributed by atoms with E-state index in [0.717, 1.165) is 22.4 Å². The first-order valence-electron chi connectivity index (χ1n) is 8.63. The summed E-state index contributed by atoms with van der Waals surface area (Å²) in [5.41, 5.74) is 1.83. The first kappa shape index (κ1) is 15.0. The second-order valence-corrected chi connectivity index (χ2v) is 9.01. The summed E-state index contributed by atoms with van der Waals surface area (Å²) in [4.78, 5) is 0. The van der Waals surface area contributed by atoms with Crippen LogP contribution in [-0.2, 0) is 0 Å². The van der Waals surface area contributed by atoms with Gasteiger partial charge in [-0.1, -0.05) is 37.1 Å². The minimum atomic E-state index is 0.335. The Kier molecular flexibility index (Phi) is 3.90. The fourth-order valence-electron chi connectivity index (χ4n) is 3.77. The fraction of sp³-hybridized carbons (Fsp3) is 0.529. The van der Waals surface area contributed by atoms with Crippen molar-refractivity contribution in [3.05, 3.63) is 29.6 Å². The Balaban J connectivity index is 1.42. The second kappa shape index (κ2) is 6.23. The van der Waals surface area contributed by atoms with Crippen LogP contribution in [0.25, 0.3) is 0 Å². The number of rotatable bonds is 2. The predicted octanol–water partition coefficient (Wildman–Crippen LogP) is 4.34. The smallest absolute Gasteiger partial charge is 0.231 e. The summed E-state index contributed by atoms with van der Waals surface area (Å²) in [7, 11) is 0.678. The average Bonchev–Trinajstić information content (AvgIpc) is 3.28. The third-order valence-electron chi connectivity index (χ3n) is 5.09. The molecular formula is C17H20N3O2PS. The third-order valence-corrected chi connectivity index (χ3v) is 8.12. The zero-order chi connectivity index (χ0) is 15.9. The van der Waals surface area contributed by atoms with Gasteiger partial charge in [-0.15, -0.1) is 10.2 Å². The number of nitrogens with zero attached hydrogens (tertiary/aromatic N) is 3. The van der Waals surface area contributed by atoms with Crippen molar-refractivity contribution >= 4 is 20.5 Å². The minimum Gasteiger partial charge on any atom is -0.454 e. The third kappa shape index (κ3) is 2.60. The van der Waals surface area contributed by atoms with E-state index in [9.17, 15) is 0 Å². The maximum Gasteiger partial charge on any atom is 0.231 e. The van der Waals surface area contributed by atoms with Crippen molar-refractivity contribution in [2.75, 3.05) is 12.5 Å². The van der Waals surface area contributed by atoms with Crippen molar-refractivity contribution in [1.29, 1.82) is 0 Å². The predicted molar refractivity (Wildman–Crippen MR) is 95.6 cm³/mol. The molecule has 1 fully saturated rings. The summed E-state index contributed by atoms with van der Waals surface area (Å²) in [5, 5.41) is 10.1. The van der Waals surface area contributed by atoms with Crippen molar-refractivity contribution in [1.82, 2.24) is 14.5 Å². The van der Waals surface area contributed by atoms with Crippen LogP contribution >= 0.6 is 20.5 Å². The highest BCUT2D eigenvalue weighted by atomic mass is 32.2. The van der Waals surface area contributed by atoms with Gasteiger partial charge in [-0.3, -0.25) is 4.34 Å². The molecule has 5 rings (SSSR count). The lowest BCUT2D eigenvalue weighted by Crippen LogP contribution is -2.13. The molecule has 1 aliphatic carbocycles. The minimum absolute atomic E-state index is 0.335. The molecule has 7 heteroatoms. The first-order chi connectivity index (χ1) is 11.9. The van der Waals surface area contributed by atoms with Gasteiger partial charge >= 0.3 is 0 Å². The van der Waals surface area contributed by atoms with Crippen LogP contribution in [-0.4, -0.2) is 27.1 Å². The van der Waals surface area contributed by atoms with Gasteiger partial charge in [0, 0.05) is 17.3 Å². The van der Waals surface area contributed by atoms with Crippen LogP contribution in [0.1, 0.15) is 55.1 Å². The quantitative estimate of drug-likeness (QED) is 0.745. The molecular weight excluding hydrogens is 341 g/mol. The highest BCUT2D eigenvalue weighted by Crippen LogP contribution is 2.50. The molecule has 1 aromatic heterocycles. The molecule has 5 nitrogen and oxygen atoms in total. The van der Waals surface area contributed by atoms with Gasteiger partial charge in [0.2, 0.25) is 6.79 Å². The Morgan fingerprint density at radius 1 is 1.08 bits per heavy atom. The molecule has 3 heterocycles. The van der Waals surface area contributed by atoms with E-state index in [0.29, 0.717) is 27.1 Å². The number of aromatic nitrogens is 3. The summed E-state index contributed by atoms with van der Waals surface area (Å²) >= 11 is 1.83. The summed E-state index contributed by atoms with van der Waals surface area (Å²) in [6.45, 7) is 0.335. The molecule has 0 saturated heterocycles. The molecule has 0 radical (unpaired) electrons. The normalized spacial score (nSPS) is 24.2. The lowest BCUT2D eigenvalue weighted by molar-refractivity contribution is 0.174. The molecule has 2 atom stereocenters. The number of ether oxygens (including phenoxy) is 2. The molecule has 1 saturated carbocycles. The van der Waals surface area contributed by atoms with Gasteiger partial charge in [0.1, 0.15) is 5.82 Å². The topological polar surface area (TPSA) is 49.2 Å². The maximum absolute atomic E-state index is 5.55. The van der Waals surface area contributed by atoms with E-state index in [2.05, 4.69) is 26.7 Å². The number of fused-ring (bicyclic) bond motifs is 2. The molecule has 24 heavy (non-hydrogen) atoms. The van der Waals surface area contributed by atoms with Gasteiger partial charge in [0.15, 0.2) is 16.7 Å². The van der Waals surface area contributed by atoms with Gasteiger partial charge in [0.05, 0.1) is 0 Å². The monoisotopic (exact) mass is 361 g/mol. The molecule has 0 N–H and O–H groups in total. The number of hydrogen-bond acceptors (Lipinski definition) is 5. The largest absolute Gasteiger partial charge is 0.454 e. The second-order valence-electron chi connectivity index (χ2n) is 6.62. The van der Waals surface area contributed by atoms with Crippen molar-refractivity contribution < 1.29 is 9.47 Å². The summed E-state index contributed by atoms with van der Waals surface area (Å²) in [5.74, 6) is 4.62. The molecule has 0 spiro atoms. The van der Waals surface area contributed by atoms with Crippen molar-refractivity contribution in [3.63, 3.8) is 0 Å². The molecule has 126 valence electrons. The first-order valence-corrected chi connectivity index (χ1v) is 10.6. The molecule has 2 aromatic rings. The van der Waals surface area contributed by atoms with Gasteiger partial charge in [-0.2, -0.15) is 0 Å². The highest BCUT2D eigenvalue weighted by molar-refractivity contribution is 7.99. The summed E-state index contributed by atoms with van der Waals surface area (Å²) in [6, 6.07) is 6.37. The summed E-state index contributed by atoms with van der Waals surface area (Å²) < 4.78 is 13.4. The average molecular weight is 361 g/mol. The van der Waals surface area contributed by atoms with Crippen LogP contribution < -0.4 is 9.47 Å². The molecule has 0 amide bonds. The molecule has 0 bridgehead atoms. The highest BCUT2D eigenvalue weighted by Gasteiger charge is 2.29. The van der Waals surface area contributed by atoms with Gasteiger partial charge in [-0.05, 0) is 39.3 Å². The number of benzene rings is 1. The Bertz CT molecular complexity index is 760. The van der Waals surface area contributed by atoms with Crippen LogP contribution in [0.4, 0.5) is 0 Å². The van der Waals surface area contributed by atoms with E-state index >= 15 is 0 Å². The van der Waals surface area contributed by atoms with E-state index in [1.807, 2.05) is 17.8 Å². The van der Waals surface area contributed by atoms with E-state index in [4.69, 9.17) is 9.47 Å². The standard InChI is InChI=1S/C17H20N3O2PS/c1-2-4-11(5-3-1)16-18-19-17-20(16)23-15(9-24-17)12-6-7-13-14(8-12)22-10-21-13/h6-8,11,15,23H,1-5,9-10H2. The van der Waals surface area contributed by atoms with Crippen LogP contribution in [0, 0.1) is 0 Å². The summed E-state index contributed by atoms with van der Waals surface area (Å²) in [6.07, 6.45) is 6.56. The van der Waals surface area contributed by atoms with E-state index in [1.54, 1.807) is 0 Å². The van der Waals surface area contributed by atoms with Crippen molar-refractivity contribution in [2.45, 2.75) is 48.8 Å². The van der Waals surface area contributed by atoms with Gasteiger partial charge in [-0.25, -0.2) is 0 Å².